The third-order valence-electron chi connectivity index (χ3n) is 12.6. The zero-order valence-electron chi connectivity index (χ0n) is 33.7. The molecule has 4 bridgehead atoms. The molecule has 4 saturated carbocycles. The number of hydrogen-bond donors (Lipinski definition) is 3. The number of esters is 1. The largest absolute Gasteiger partial charge is 0.457 e. The van der Waals surface area contributed by atoms with E-state index in [0.29, 0.717) is 86.9 Å². The average Bonchev–Trinajstić information content (AvgIpc) is 3.69. The van der Waals surface area contributed by atoms with E-state index in [4.69, 9.17) is 14.2 Å². The number of ether oxygens (including phenoxy) is 3. The normalized spacial score (nSPS) is 25.1. The minimum Gasteiger partial charge on any atom is -0.457 e. The van der Waals surface area contributed by atoms with Gasteiger partial charge in [-0.3, -0.25) is 14.4 Å². The maximum Gasteiger partial charge on any atom is 0.338 e. The van der Waals surface area contributed by atoms with E-state index >= 15 is 0 Å². The second kappa shape index (κ2) is 18.8. The SMILES string of the molecule is COC(OC)[C@@H](NC(=O)[C@@H]1CCCN1C(=O)[C@H](CCCCNC(=O)c1ccc(C(=O)OCc2ccccc2)cc1)NS(=O)(=O)C12CC3CC(CC(C3)C1)C2)C(C)C. The Morgan fingerprint density at radius 1 is 0.860 bits per heavy atom. The second-order valence-electron chi connectivity index (χ2n) is 17.0. The van der Waals surface area contributed by atoms with Crippen LogP contribution in [0.4, 0.5) is 0 Å². The molecule has 5 fully saturated rings. The molecule has 4 aliphatic carbocycles. The van der Waals surface area contributed by atoms with Gasteiger partial charge in [0.25, 0.3) is 5.91 Å². The maximum atomic E-state index is 14.4. The van der Waals surface area contributed by atoms with E-state index in [1.54, 1.807) is 24.3 Å². The fourth-order valence-electron chi connectivity index (χ4n) is 9.95. The van der Waals surface area contributed by atoms with Crippen molar-refractivity contribution in [3.63, 3.8) is 0 Å². The Morgan fingerprint density at radius 3 is 2.07 bits per heavy atom. The molecule has 7 rings (SSSR count). The molecule has 0 unspecified atom stereocenters. The number of rotatable bonds is 19. The Balaban J connectivity index is 1.08. The molecule has 14 heteroatoms. The number of sulfonamides is 1. The lowest BCUT2D eigenvalue weighted by Gasteiger charge is -2.55. The lowest BCUT2D eigenvalue weighted by molar-refractivity contribution is -0.148. The van der Waals surface area contributed by atoms with E-state index in [-0.39, 0.29) is 30.8 Å². The Hall–Kier alpha value is -3.85. The highest BCUT2D eigenvalue weighted by Crippen LogP contribution is 2.58. The van der Waals surface area contributed by atoms with Crippen LogP contribution in [0.1, 0.15) is 111 Å². The number of amides is 3. The Bertz CT molecular complexity index is 1780. The van der Waals surface area contributed by atoms with Crippen LogP contribution in [-0.4, -0.2) is 93.5 Å². The highest BCUT2D eigenvalue weighted by molar-refractivity contribution is 7.91. The minimum atomic E-state index is -3.89. The summed E-state index contributed by atoms with van der Waals surface area (Å²) >= 11 is 0. The van der Waals surface area contributed by atoms with Crippen LogP contribution in [0.5, 0.6) is 0 Å². The molecule has 5 aliphatic rings. The number of carbonyl (C=O) groups excluding carboxylic acids is 4. The van der Waals surface area contributed by atoms with E-state index in [0.717, 1.165) is 24.8 Å². The molecule has 3 amide bonds. The number of nitrogens with one attached hydrogen (secondary N) is 3. The van der Waals surface area contributed by atoms with Gasteiger partial charge < -0.3 is 29.7 Å². The summed E-state index contributed by atoms with van der Waals surface area (Å²) in [6, 6.07) is 13.4. The fraction of sp³-hybridized carbons (Fsp3) is 0.628. The van der Waals surface area contributed by atoms with Gasteiger partial charge in [-0.2, -0.15) is 0 Å². The molecular weight excluding hydrogens is 749 g/mol. The van der Waals surface area contributed by atoms with Crippen LogP contribution in [0, 0.1) is 23.7 Å². The van der Waals surface area contributed by atoms with Crippen molar-refractivity contribution in [2.75, 3.05) is 27.3 Å². The molecule has 1 heterocycles. The number of unbranched alkanes of at least 4 members (excludes halogenated alkanes) is 1. The average molecular weight is 809 g/mol. The summed E-state index contributed by atoms with van der Waals surface area (Å²) in [6.07, 6.45) is 6.71. The third kappa shape index (κ3) is 10.1. The number of carbonyl (C=O) groups is 4. The molecule has 13 nitrogen and oxygen atoms in total. The summed E-state index contributed by atoms with van der Waals surface area (Å²) < 4.78 is 47.2. The zero-order valence-corrected chi connectivity index (χ0v) is 34.6. The molecule has 2 aromatic rings. The van der Waals surface area contributed by atoms with Gasteiger partial charge in [0, 0.05) is 32.9 Å². The van der Waals surface area contributed by atoms with Gasteiger partial charge >= 0.3 is 5.97 Å². The van der Waals surface area contributed by atoms with Crippen LogP contribution >= 0.6 is 0 Å². The van der Waals surface area contributed by atoms with E-state index in [1.807, 2.05) is 44.2 Å². The van der Waals surface area contributed by atoms with E-state index < -0.39 is 51.1 Å². The van der Waals surface area contributed by atoms with Gasteiger partial charge in [-0.1, -0.05) is 44.2 Å². The summed E-state index contributed by atoms with van der Waals surface area (Å²) in [7, 11) is -0.868. The minimum absolute atomic E-state index is 0.0157. The fourth-order valence-corrected chi connectivity index (χ4v) is 12.2. The quantitative estimate of drug-likeness (QED) is 0.101. The van der Waals surface area contributed by atoms with Crippen molar-refractivity contribution < 1.29 is 41.8 Å². The van der Waals surface area contributed by atoms with E-state index in [1.165, 1.54) is 19.1 Å². The first-order chi connectivity index (χ1) is 27.3. The van der Waals surface area contributed by atoms with Crippen molar-refractivity contribution in [3.05, 3.63) is 71.3 Å². The summed E-state index contributed by atoms with van der Waals surface area (Å²) in [5.41, 5.74) is 1.59. The van der Waals surface area contributed by atoms with Gasteiger partial charge in [0.15, 0.2) is 6.29 Å². The van der Waals surface area contributed by atoms with Gasteiger partial charge in [0.1, 0.15) is 18.7 Å². The van der Waals surface area contributed by atoms with Crippen LogP contribution in [0.2, 0.25) is 0 Å². The predicted octanol–water partition coefficient (Wildman–Crippen LogP) is 4.95. The van der Waals surface area contributed by atoms with Crippen molar-refractivity contribution >= 4 is 33.7 Å². The topological polar surface area (TPSA) is 169 Å². The standard InChI is InChI=1S/C43H60N4O9S/c1-28(2)37(42(54-3)55-4)45-39(49)36-14-10-20-47(36)40(50)35(46-57(52,53)43-24-30-21-31(25-43)23-32(22-30)26-43)13-8-9-19-44-38(48)33-15-17-34(18-16-33)41(51)56-27-29-11-6-5-7-12-29/h5-7,11-12,15-18,28,30-32,35-37,42,46H,8-10,13-14,19-27H2,1-4H3,(H,44,48)(H,45,49)/t30?,31?,32?,35-,36-,37-,43?/m0/s1. The lowest BCUT2D eigenvalue weighted by Crippen LogP contribution is -2.61. The predicted molar refractivity (Wildman–Crippen MR) is 214 cm³/mol. The molecular formula is C43H60N4O9S. The third-order valence-corrected chi connectivity index (χ3v) is 14.8. The van der Waals surface area contributed by atoms with Crippen LogP contribution in [0.15, 0.2) is 54.6 Å². The Kier molecular flexibility index (Phi) is 14.1. The maximum absolute atomic E-state index is 14.4. The smallest absolute Gasteiger partial charge is 0.338 e. The first-order valence-corrected chi connectivity index (χ1v) is 22.1. The highest BCUT2D eigenvalue weighted by atomic mass is 32.2. The Morgan fingerprint density at radius 2 is 1.47 bits per heavy atom. The molecule has 57 heavy (non-hydrogen) atoms. The van der Waals surface area contributed by atoms with Crippen LogP contribution < -0.4 is 15.4 Å². The van der Waals surface area contributed by atoms with Gasteiger partial charge in [0.05, 0.1) is 16.4 Å². The molecule has 1 saturated heterocycles. The summed E-state index contributed by atoms with van der Waals surface area (Å²) in [6.45, 7) is 4.69. The molecule has 2 aromatic carbocycles. The summed E-state index contributed by atoms with van der Waals surface area (Å²) in [5, 5.41) is 5.94. The molecule has 0 spiro atoms. The van der Waals surface area contributed by atoms with Crippen molar-refractivity contribution in [1.29, 1.82) is 0 Å². The summed E-state index contributed by atoms with van der Waals surface area (Å²) in [5.74, 6) is -0.330. The van der Waals surface area contributed by atoms with Crippen molar-refractivity contribution in [2.45, 2.75) is 120 Å². The van der Waals surface area contributed by atoms with Crippen LogP contribution in [-0.2, 0) is 40.4 Å². The highest BCUT2D eigenvalue weighted by Gasteiger charge is 2.58. The molecule has 0 radical (unpaired) electrons. The van der Waals surface area contributed by atoms with E-state index in [9.17, 15) is 27.6 Å². The number of hydrogen-bond acceptors (Lipinski definition) is 9. The van der Waals surface area contributed by atoms with E-state index in [2.05, 4.69) is 15.4 Å². The van der Waals surface area contributed by atoms with Gasteiger partial charge in [-0.05, 0) is 124 Å². The summed E-state index contributed by atoms with van der Waals surface area (Å²) in [4.78, 5) is 55.2. The van der Waals surface area contributed by atoms with Crippen LogP contribution in [0.3, 0.4) is 0 Å². The van der Waals surface area contributed by atoms with Crippen LogP contribution in [0.25, 0.3) is 0 Å². The van der Waals surface area contributed by atoms with Gasteiger partial charge in [-0.15, -0.1) is 0 Å². The first-order valence-electron chi connectivity index (χ1n) is 20.6. The monoisotopic (exact) mass is 808 g/mol. The van der Waals surface area contributed by atoms with Crippen molar-refractivity contribution in [2.24, 2.45) is 23.7 Å². The number of nitrogens with zero attached hydrogens (tertiary/aromatic N) is 1. The van der Waals surface area contributed by atoms with Gasteiger partial charge in [0.2, 0.25) is 21.8 Å². The number of benzene rings is 2. The van der Waals surface area contributed by atoms with Gasteiger partial charge in [-0.25, -0.2) is 17.9 Å². The molecule has 3 atom stereocenters. The number of likely N-dealkylation sites (tertiary alicyclic amines) is 1. The first kappa shape index (κ1) is 42.7. The molecule has 1 aliphatic heterocycles. The van der Waals surface area contributed by atoms with Crippen molar-refractivity contribution in [3.8, 4) is 0 Å². The molecule has 0 aromatic heterocycles. The molecule has 312 valence electrons. The van der Waals surface area contributed by atoms with Crippen molar-refractivity contribution in [1.82, 2.24) is 20.3 Å². The second-order valence-corrected chi connectivity index (χ2v) is 19.1. The lowest BCUT2D eigenvalue weighted by atomic mass is 9.56. The zero-order chi connectivity index (χ0) is 40.7. The molecule has 3 N–H and O–H groups in total. The Labute approximate surface area is 337 Å². The number of methoxy groups -OCH3 is 2.